The number of anilines is 2. The average Bonchev–Trinajstić information content (AvgIpc) is 3.53. The molecule has 12 heteroatoms. The summed E-state index contributed by atoms with van der Waals surface area (Å²) in [5.74, 6) is 0.378. The van der Waals surface area contributed by atoms with E-state index < -0.39 is 11.8 Å². The van der Waals surface area contributed by atoms with Gasteiger partial charge in [0.2, 0.25) is 0 Å². The maximum absolute atomic E-state index is 13.0. The molecule has 0 saturated heterocycles. The van der Waals surface area contributed by atoms with Gasteiger partial charge < -0.3 is 9.47 Å². The van der Waals surface area contributed by atoms with Crippen molar-refractivity contribution >= 4 is 65.2 Å². The van der Waals surface area contributed by atoms with Crippen LogP contribution in [0.1, 0.15) is 20.8 Å². The van der Waals surface area contributed by atoms with E-state index in [1.165, 1.54) is 33.6 Å². The summed E-state index contributed by atoms with van der Waals surface area (Å²) in [7, 11) is 4.82. The molecule has 2 N–H and O–H groups in total. The van der Waals surface area contributed by atoms with Crippen molar-refractivity contribution in [3.63, 3.8) is 0 Å². The number of carbonyl (C=O) groups is 2. The smallest absolute Gasteiger partial charge is 0.278 e. The molecule has 2 amide bonds. The Morgan fingerprint density at radius 2 is 1.38 bits per heavy atom. The third-order valence-electron chi connectivity index (χ3n) is 4.92. The third-order valence-corrected chi connectivity index (χ3v) is 6.79. The first kappa shape index (κ1) is 21.8. The number of amides is 2. The lowest BCUT2D eigenvalue weighted by atomic mass is 10.2. The minimum Gasteiger partial charge on any atom is -0.497 e. The first-order valence-corrected chi connectivity index (χ1v) is 11.6. The summed E-state index contributed by atoms with van der Waals surface area (Å²) in [6.45, 7) is 0. The standard InChI is InChI=1S/C22H18N6O4S2/c1-28-10-13(19(29)25-21-23-14-6-4-11(31-2)8-16(14)33-21)18(27-28)20(30)26-22-24-15-7-5-12(32-3)9-17(15)34-22/h4-10H,1-3H3,(H,23,25,29)(H,24,26,30). The van der Waals surface area contributed by atoms with E-state index in [2.05, 4.69) is 25.7 Å². The normalized spacial score (nSPS) is 11.0. The number of carbonyl (C=O) groups excluding carboxylic acids is 2. The van der Waals surface area contributed by atoms with Crippen molar-refractivity contribution in [3.05, 3.63) is 53.9 Å². The first-order chi connectivity index (χ1) is 16.4. The number of ether oxygens (including phenoxy) is 2. The predicted molar refractivity (Wildman–Crippen MR) is 131 cm³/mol. The van der Waals surface area contributed by atoms with Crippen molar-refractivity contribution in [1.82, 2.24) is 19.7 Å². The summed E-state index contributed by atoms with van der Waals surface area (Å²) in [5.41, 5.74) is 1.57. The lowest BCUT2D eigenvalue weighted by molar-refractivity contribution is 0.0988. The molecular weight excluding hydrogens is 476 g/mol. The van der Waals surface area contributed by atoms with Gasteiger partial charge >= 0.3 is 0 Å². The molecule has 0 radical (unpaired) electrons. The zero-order valence-corrected chi connectivity index (χ0v) is 19.9. The molecule has 5 aromatic rings. The number of rotatable bonds is 6. The van der Waals surface area contributed by atoms with E-state index in [9.17, 15) is 9.59 Å². The van der Waals surface area contributed by atoms with Crippen molar-refractivity contribution in [3.8, 4) is 11.5 Å². The van der Waals surface area contributed by atoms with Gasteiger partial charge in [0.15, 0.2) is 16.0 Å². The van der Waals surface area contributed by atoms with Crippen molar-refractivity contribution in [2.24, 2.45) is 7.05 Å². The molecule has 0 aliphatic rings. The minimum atomic E-state index is -0.536. The maximum Gasteiger partial charge on any atom is 0.278 e. The highest BCUT2D eigenvalue weighted by Gasteiger charge is 2.23. The van der Waals surface area contributed by atoms with E-state index in [1.807, 2.05) is 24.3 Å². The number of hydrogen-bond donors (Lipinski definition) is 2. The van der Waals surface area contributed by atoms with Gasteiger partial charge in [-0.15, -0.1) is 0 Å². The summed E-state index contributed by atoms with van der Waals surface area (Å²) in [6.07, 6.45) is 1.49. The second-order valence-electron chi connectivity index (χ2n) is 7.18. The Kier molecular flexibility index (Phi) is 5.59. The number of nitrogens with one attached hydrogen (secondary N) is 2. The SMILES string of the molecule is COc1ccc2nc(NC(=O)c3cn(C)nc3C(=O)Nc3nc4ccc(OC)cc4s3)sc2c1. The Hall–Kier alpha value is -4.03. The Bertz CT molecular complexity index is 1440. The molecule has 0 bridgehead atoms. The molecule has 3 heterocycles. The second kappa shape index (κ2) is 8.72. The fourth-order valence-electron chi connectivity index (χ4n) is 3.31. The summed E-state index contributed by atoms with van der Waals surface area (Å²) in [6, 6.07) is 10.9. The van der Waals surface area contributed by atoms with Crippen LogP contribution in [0.15, 0.2) is 42.6 Å². The number of fused-ring (bicyclic) bond motifs is 2. The van der Waals surface area contributed by atoms with Crippen LogP contribution in [0.5, 0.6) is 11.5 Å². The molecule has 34 heavy (non-hydrogen) atoms. The van der Waals surface area contributed by atoms with Crippen LogP contribution in [0.2, 0.25) is 0 Å². The Morgan fingerprint density at radius 3 is 1.91 bits per heavy atom. The zero-order chi connectivity index (χ0) is 23.8. The highest BCUT2D eigenvalue weighted by molar-refractivity contribution is 7.22. The first-order valence-electron chi connectivity index (χ1n) is 9.99. The Labute approximate surface area is 201 Å². The van der Waals surface area contributed by atoms with E-state index >= 15 is 0 Å². The van der Waals surface area contributed by atoms with Gasteiger partial charge in [-0.25, -0.2) is 9.97 Å². The summed E-state index contributed by atoms with van der Waals surface area (Å²) < 4.78 is 13.6. The van der Waals surface area contributed by atoms with Crippen LogP contribution in [-0.2, 0) is 7.05 Å². The molecule has 0 fully saturated rings. The van der Waals surface area contributed by atoms with Crippen LogP contribution in [0.3, 0.4) is 0 Å². The van der Waals surface area contributed by atoms with Crippen LogP contribution in [0, 0.1) is 0 Å². The van der Waals surface area contributed by atoms with Crippen molar-refractivity contribution in [2.45, 2.75) is 0 Å². The van der Waals surface area contributed by atoms with Gasteiger partial charge in [-0.3, -0.25) is 24.9 Å². The van der Waals surface area contributed by atoms with Crippen LogP contribution in [0.4, 0.5) is 10.3 Å². The monoisotopic (exact) mass is 494 g/mol. The van der Waals surface area contributed by atoms with E-state index in [-0.39, 0.29) is 11.3 Å². The van der Waals surface area contributed by atoms with Gasteiger partial charge in [-0.1, -0.05) is 22.7 Å². The van der Waals surface area contributed by atoms with E-state index in [1.54, 1.807) is 33.4 Å². The van der Waals surface area contributed by atoms with Crippen LogP contribution in [0.25, 0.3) is 20.4 Å². The summed E-state index contributed by atoms with van der Waals surface area (Å²) in [4.78, 5) is 34.8. The maximum atomic E-state index is 13.0. The molecule has 0 aliphatic heterocycles. The largest absolute Gasteiger partial charge is 0.497 e. The summed E-state index contributed by atoms with van der Waals surface area (Å²) >= 11 is 2.61. The van der Waals surface area contributed by atoms with Gasteiger partial charge in [-0.05, 0) is 36.4 Å². The van der Waals surface area contributed by atoms with Crippen molar-refractivity contribution < 1.29 is 19.1 Å². The van der Waals surface area contributed by atoms with Crippen LogP contribution in [-0.4, -0.2) is 45.8 Å². The van der Waals surface area contributed by atoms with Gasteiger partial charge in [0.05, 0.1) is 40.2 Å². The molecule has 0 spiro atoms. The highest BCUT2D eigenvalue weighted by Crippen LogP contribution is 2.31. The van der Waals surface area contributed by atoms with Gasteiger partial charge in [0.25, 0.3) is 11.8 Å². The number of aryl methyl sites for hydroxylation is 1. The fourth-order valence-corrected chi connectivity index (χ4v) is 5.09. The number of nitrogens with zero attached hydrogens (tertiary/aromatic N) is 4. The van der Waals surface area contributed by atoms with Gasteiger partial charge in [0, 0.05) is 13.2 Å². The fraction of sp³-hybridized carbons (Fsp3) is 0.136. The number of aromatic nitrogens is 4. The van der Waals surface area contributed by atoms with Gasteiger partial charge in [-0.2, -0.15) is 5.10 Å². The van der Waals surface area contributed by atoms with Crippen molar-refractivity contribution in [1.29, 1.82) is 0 Å². The zero-order valence-electron chi connectivity index (χ0n) is 18.3. The summed E-state index contributed by atoms with van der Waals surface area (Å²) in [5, 5.41) is 10.5. The molecule has 0 atom stereocenters. The molecule has 5 rings (SSSR count). The lowest BCUT2D eigenvalue weighted by Crippen LogP contribution is -2.19. The van der Waals surface area contributed by atoms with Gasteiger partial charge in [0.1, 0.15) is 11.5 Å². The average molecular weight is 495 g/mol. The van der Waals surface area contributed by atoms with Crippen LogP contribution < -0.4 is 20.1 Å². The molecule has 0 unspecified atom stereocenters. The molecular formula is C22H18N6O4S2. The molecule has 172 valence electrons. The number of hydrogen-bond acceptors (Lipinski definition) is 9. The highest BCUT2D eigenvalue weighted by atomic mass is 32.1. The van der Waals surface area contributed by atoms with Crippen molar-refractivity contribution in [2.75, 3.05) is 24.9 Å². The third kappa shape index (κ3) is 4.16. The van der Waals surface area contributed by atoms with E-state index in [0.717, 1.165) is 20.4 Å². The predicted octanol–water partition coefficient (Wildman–Crippen LogP) is 4.16. The number of methoxy groups -OCH3 is 2. The lowest BCUT2D eigenvalue weighted by Gasteiger charge is -2.02. The quantitative estimate of drug-likeness (QED) is 0.364. The number of benzene rings is 2. The second-order valence-corrected chi connectivity index (χ2v) is 9.24. The molecule has 3 aromatic heterocycles. The molecule has 10 nitrogen and oxygen atoms in total. The Balaban J connectivity index is 1.37. The minimum absolute atomic E-state index is 0.0142. The van der Waals surface area contributed by atoms with E-state index in [4.69, 9.17) is 9.47 Å². The topological polar surface area (TPSA) is 120 Å². The molecule has 0 saturated carbocycles. The molecule has 2 aromatic carbocycles. The van der Waals surface area contributed by atoms with Crippen LogP contribution >= 0.6 is 22.7 Å². The Morgan fingerprint density at radius 1 is 0.853 bits per heavy atom. The number of thiazole rings is 2. The molecule has 0 aliphatic carbocycles. The van der Waals surface area contributed by atoms with E-state index in [0.29, 0.717) is 21.8 Å².